The van der Waals surface area contributed by atoms with Gasteiger partial charge in [-0.25, -0.2) is 12.8 Å². The first-order chi connectivity index (χ1) is 23.9. The van der Waals surface area contributed by atoms with Crippen molar-refractivity contribution < 1.29 is 22.7 Å². The molecule has 9 atom stereocenters. The molecule has 0 aromatic heterocycles. The molecule has 290 valence electrons. The summed E-state index contributed by atoms with van der Waals surface area (Å²) in [6, 6.07) is 0. The van der Waals surface area contributed by atoms with Crippen molar-refractivity contribution in [3.63, 3.8) is 0 Å². The fourth-order valence-electron chi connectivity index (χ4n) is 15.3. The zero-order valence-corrected chi connectivity index (χ0v) is 34.0. The van der Waals surface area contributed by atoms with E-state index in [-0.39, 0.29) is 16.4 Å². The van der Waals surface area contributed by atoms with Gasteiger partial charge in [-0.3, -0.25) is 4.79 Å². The second kappa shape index (κ2) is 13.1. The first-order valence-electron chi connectivity index (χ1n) is 21.1. The van der Waals surface area contributed by atoms with Gasteiger partial charge in [0.15, 0.2) is 9.84 Å². The molecule has 6 nitrogen and oxygen atoms in total. The standard InChI is InChI=1S/C43H71FN2O4S/c1-29(2)31-12-19-43(45-22-23-46-24-26-51(49,50)27-25-46)21-20-40(6)33(36(31)43)8-9-35-39(5)15-13-32(38(3,4)34(39)14-16-41(35,40)7)30-10-17-42(28-44,18-11-30)37(47)48/h13,29-31,33-36,45H,8-12,14-28H2,1-7H3,(H,47,48)/t30?,31-,33+,34-,35+,36+,39-,40+,41+,42?,43-/m0/s1. The molecule has 0 spiro atoms. The molecule has 6 fully saturated rings. The number of nitrogens with zero attached hydrogens (tertiary/aromatic N) is 1. The van der Waals surface area contributed by atoms with E-state index in [0.717, 1.165) is 44.2 Å². The molecule has 0 bridgehead atoms. The lowest BCUT2D eigenvalue weighted by molar-refractivity contribution is -0.223. The molecule has 7 rings (SSSR count). The summed E-state index contributed by atoms with van der Waals surface area (Å²) in [7, 11) is -2.86. The van der Waals surface area contributed by atoms with Crippen LogP contribution in [0.4, 0.5) is 4.39 Å². The summed E-state index contributed by atoms with van der Waals surface area (Å²) < 4.78 is 38.1. The number of alkyl halides is 1. The summed E-state index contributed by atoms with van der Waals surface area (Å²) in [5.41, 5.74) is 1.49. The van der Waals surface area contributed by atoms with Gasteiger partial charge in [0.25, 0.3) is 0 Å². The van der Waals surface area contributed by atoms with Crippen LogP contribution in [0.5, 0.6) is 0 Å². The van der Waals surface area contributed by atoms with Crippen LogP contribution in [0.15, 0.2) is 11.6 Å². The number of carbonyl (C=O) groups is 1. The van der Waals surface area contributed by atoms with E-state index in [9.17, 15) is 22.7 Å². The molecule has 51 heavy (non-hydrogen) atoms. The molecule has 5 saturated carbocycles. The van der Waals surface area contributed by atoms with Gasteiger partial charge >= 0.3 is 5.97 Å². The monoisotopic (exact) mass is 731 g/mol. The molecule has 6 aliphatic carbocycles. The van der Waals surface area contributed by atoms with Gasteiger partial charge in [0.2, 0.25) is 0 Å². The lowest BCUT2D eigenvalue weighted by atomic mass is 9.32. The molecule has 7 aliphatic rings. The molecule has 1 saturated heterocycles. The molecular weight excluding hydrogens is 660 g/mol. The second-order valence-corrected chi connectivity index (χ2v) is 23.1. The van der Waals surface area contributed by atoms with E-state index >= 15 is 0 Å². The Kier molecular flexibility index (Phi) is 9.80. The molecule has 0 aromatic carbocycles. The smallest absolute Gasteiger partial charge is 0.312 e. The highest BCUT2D eigenvalue weighted by molar-refractivity contribution is 7.91. The minimum atomic E-state index is -2.86. The Morgan fingerprint density at radius 1 is 0.902 bits per heavy atom. The van der Waals surface area contributed by atoms with Gasteiger partial charge in [0.05, 0.1) is 16.9 Å². The van der Waals surface area contributed by atoms with Crippen molar-refractivity contribution in [1.82, 2.24) is 10.2 Å². The quantitative estimate of drug-likeness (QED) is 0.244. The van der Waals surface area contributed by atoms with Gasteiger partial charge < -0.3 is 15.3 Å². The number of rotatable bonds is 8. The van der Waals surface area contributed by atoms with Crippen molar-refractivity contribution in [3.8, 4) is 0 Å². The number of hydrogen-bond acceptors (Lipinski definition) is 5. The summed E-state index contributed by atoms with van der Waals surface area (Å²) in [6.07, 6.45) is 16.6. The van der Waals surface area contributed by atoms with Crippen LogP contribution in [0.2, 0.25) is 0 Å². The Labute approximate surface area is 309 Å². The lowest BCUT2D eigenvalue weighted by Gasteiger charge is -2.72. The summed E-state index contributed by atoms with van der Waals surface area (Å²) in [5.74, 6) is 4.19. The van der Waals surface area contributed by atoms with Crippen LogP contribution >= 0.6 is 0 Å². The highest BCUT2D eigenvalue weighted by Gasteiger charge is 2.70. The third kappa shape index (κ3) is 5.85. The van der Waals surface area contributed by atoms with Crippen molar-refractivity contribution in [2.75, 3.05) is 44.4 Å². The molecule has 2 N–H and O–H groups in total. The van der Waals surface area contributed by atoms with Gasteiger partial charge in [-0.05, 0) is 147 Å². The predicted molar refractivity (Wildman–Crippen MR) is 204 cm³/mol. The van der Waals surface area contributed by atoms with E-state index in [0.29, 0.717) is 77.9 Å². The average Bonchev–Trinajstić information content (AvgIpc) is 3.46. The number of carboxylic acids is 1. The zero-order valence-electron chi connectivity index (χ0n) is 33.2. The van der Waals surface area contributed by atoms with Crippen LogP contribution in [0, 0.1) is 68.5 Å². The Morgan fingerprint density at radius 3 is 2.22 bits per heavy atom. The summed E-state index contributed by atoms with van der Waals surface area (Å²) in [6.45, 7) is 20.6. The summed E-state index contributed by atoms with van der Waals surface area (Å²) >= 11 is 0. The Morgan fingerprint density at radius 2 is 1.59 bits per heavy atom. The topological polar surface area (TPSA) is 86.7 Å². The van der Waals surface area contributed by atoms with Crippen LogP contribution < -0.4 is 5.32 Å². The highest BCUT2D eigenvalue weighted by atomic mass is 32.2. The van der Waals surface area contributed by atoms with Gasteiger partial charge in [-0.15, -0.1) is 0 Å². The Bertz CT molecular complexity index is 1470. The van der Waals surface area contributed by atoms with Crippen LogP contribution in [-0.4, -0.2) is 74.3 Å². The third-order valence-electron chi connectivity index (χ3n) is 18.4. The molecule has 0 radical (unpaired) electrons. The van der Waals surface area contributed by atoms with Crippen molar-refractivity contribution in [1.29, 1.82) is 0 Å². The van der Waals surface area contributed by atoms with E-state index in [1.165, 1.54) is 51.4 Å². The number of carboxylic acid groups (broad SMARTS) is 1. The molecule has 0 unspecified atom stereocenters. The van der Waals surface area contributed by atoms with E-state index in [4.69, 9.17) is 0 Å². The molecule has 8 heteroatoms. The van der Waals surface area contributed by atoms with Crippen LogP contribution in [0.3, 0.4) is 0 Å². The van der Waals surface area contributed by atoms with Gasteiger partial charge in [-0.1, -0.05) is 60.1 Å². The Balaban J connectivity index is 1.11. The van der Waals surface area contributed by atoms with Crippen molar-refractivity contribution in [2.45, 2.75) is 137 Å². The van der Waals surface area contributed by atoms with Crippen LogP contribution in [0.1, 0.15) is 132 Å². The number of hydrogen-bond donors (Lipinski definition) is 2. The number of halogens is 1. The SMILES string of the molecule is CC(C)[C@@H]1CC[C@]2(NCCN3CCS(=O)(=O)CC3)CC[C@]3(C)[C@H](CC[C@@H]4[C@@]5(C)CC=C(C6CCC(CF)(C(=O)O)CC6)C(C)(C)[C@@H]5CC[C@]43C)[C@@H]12. The van der Waals surface area contributed by atoms with Gasteiger partial charge in [0.1, 0.15) is 6.67 Å². The maximum absolute atomic E-state index is 14.0. The normalized spacial score (nSPS) is 47.8. The summed E-state index contributed by atoms with van der Waals surface area (Å²) in [4.78, 5) is 14.4. The first-order valence-corrected chi connectivity index (χ1v) is 22.9. The molecule has 0 aromatic rings. The number of fused-ring (bicyclic) bond motifs is 7. The number of allylic oxidation sites excluding steroid dienone is 2. The Hall–Kier alpha value is -0.990. The van der Waals surface area contributed by atoms with Crippen molar-refractivity contribution in [3.05, 3.63) is 11.6 Å². The van der Waals surface area contributed by atoms with Crippen molar-refractivity contribution >= 4 is 15.8 Å². The molecule has 1 aliphatic heterocycles. The first kappa shape index (κ1) is 38.3. The van der Waals surface area contributed by atoms with Crippen LogP contribution in [0.25, 0.3) is 0 Å². The maximum atomic E-state index is 14.0. The molecular formula is C43H71FN2O4S. The number of nitrogens with one attached hydrogen (secondary N) is 1. The van der Waals surface area contributed by atoms with E-state index in [2.05, 4.69) is 64.8 Å². The predicted octanol–water partition coefficient (Wildman–Crippen LogP) is 8.56. The molecule has 0 amide bonds. The minimum absolute atomic E-state index is 0.0636. The number of sulfone groups is 1. The lowest BCUT2D eigenvalue weighted by Crippen LogP contribution is -2.68. The third-order valence-corrected chi connectivity index (χ3v) is 20.0. The zero-order chi connectivity index (χ0) is 36.8. The van der Waals surface area contributed by atoms with Crippen molar-refractivity contribution in [2.24, 2.45) is 68.5 Å². The van der Waals surface area contributed by atoms with Gasteiger partial charge in [-0.2, -0.15) is 0 Å². The van der Waals surface area contributed by atoms with E-state index < -0.39 is 27.9 Å². The maximum Gasteiger partial charge on any atom is 0.312 e. The molecule has 1 heterocycles. The largest absolute Gasteiger partial charge is 0.481 e. The van der Waals surface area contributed by atoms with E-state index in [1.54, 1.807) is 5.57 Å². The second-order valence-electron chi connectivity index (χ2n) is 20.8. The van der Waals surface area contributed by atoms with Crippen LogP contribution in [-0.2, 0) is 14.6 Å². The van der Waals surface area contributed by atoms with E-state index in [1.807, 2.05) is 0 Å². The van der Waals surface area contributed by atoms with Gasteiger partial charge in [0, 0.05) is 31.7 Å². The summed E-state index contributed by atoms with van der Waals surface area (Å²) in [5, 5.41) is 14.1. The highest BCUT2D eigenvalue weighted by Crippen LogP contribution is 2.76. The fraction of sp³-hybridized carbons (Fsp3) is 0.930. The minimum Gasteiger partial charge on any atom is -0.481 e. The average molecular weight is 731 g/mol. The fourth-order valence-corrected chi connectivity index (χ4v) is 16.6. The number of aliphatic carboxylic acids is 1.